The van der Waals surface area contributed by atoms with Crippen molar-refractivity contribution in [2.24, 2.45) is 0 Å². The number of hydrogen-bond donors (Lipinski definition) is 1. The van der Waals surface area contributed by atoms with E-state index in [9.17, 15) is 0 Å². The molecule has 0 bridgehead atoms. The van der Waals surface area contributed by atoms with Crippen molar-refractivity contribution in [1.29, 1.82) is 0 Å². The van der Waals surface area contributed by atoms with Gasteiger partial charge in [-0.15, -0.1) is 0 Å². The van der Waals surface area contributed by atoms with Crippen LogP contribution in [-0.4, -0.2) is 50.8 Å². The summed E-state index contributed by atoms with van der Waals surface area (Å²) in [5, 5.41) is 3.53. The van der Waals surface area contributed by atoms with Gasteiger partial charge >= 0.3 is 0 Å². The van der Waals surface area contributed by atoms with Gasteiger partial charge in [0.2, 0.25) is 0 Å². The van der Waals surface area contributed by atoms with E-state index in [4.69, 9.17) is 4.74 Å². The van der Waals surface area contributed by atoms with Gasteiger partial charge in [-0.3, -0.25) is 0 Å². The molecule has 2 atom stereocenters. The molecule has 1 fully saturated rings. The Morgan fingerprint density at radius 1 is 1.50 bits per heavy atom. The molecular weight excluding hydrogens is 176 g/mol. The monoisotopic (exact) mass is 200 g/mol. The minimum atomic E-state index is 0.469. The summed E-state index contributed by atoms with van der Waals surface area (Å²) < 4.78 is 5.56. The lowest BCUT2D eigenvalue weighted by atomic mass is 10.2. The molecule has 0 aromatic rings. The molecule has 0 aliphatic carbocycles. The highest BCUT2D eigenvalue weighted by molar-refractivity contribution is 4.70. The van der Waals surface area contributed by atoms with Gasteiger partial charge in [0.15, 0.2) is 0 Å². The van der Waals surface area contributed by atoms with Crippen molar-refractivity contribution in [2.75, 3.05) is 33.8 Å². The molecule has 0 aromatic heterocycles. The molecular formula is C11H24N2O. The molecule has 14 heavy (non-hydrogen) atoms. The van der Waals surface area contributed by atoms with Gasteiger partial charge in [0.05, 0.1) is 6.10 Å². The van der Waals surface area contributed by atoms with E-state index in [0.717, 1.165) is 19.7 Å². The smallest absolute Gasteiger partial charge is 0.0700 e. The summed E-state index contributed by atoms with van der Waals surface area (Å²) in [5.74, 6) is 0. The molecule has 0 spiro atoms. The summed E-state index contributed by atoms with van der Waals surface area (Å²) in [4.78, 5) is 2.23. The van der Waals surface area contributed by atoms with Crippen LogP contribution in [0.2, 0.25) is 0 Å². The molecule has 0 aromatic carbocycles. The van der Waals surface area contributed by atoms with Crippen LogP contribution in [0, 0.1) is 0 Å². The van der Waals surface area contributed by atoms with Crippen LogP contribution in [0.4, 0.5) is 0 Å². The Balaban J connectivity index is 1.99. The van der Waals surface area contributed by atoms with Crippen molar-refractivity contribution in [3.8, 4) is 0 Å². The van der Waals surface area contributed by atoms with E-state index < -0.39 is 0 Å². The van der Waals surface area contributed by atoms with Crippen LogP contribution in [0.25, 0.3) is 0 Å². The second kappa shape index (κ2) is 6.38. The fourth-order valence-corrected chi connectivity index (χ4v) is 1.69. The molecule has 1 rings (SSSR count). The zero-order valence-corrected chi connectivity index (χ0v) is 9.75. The van der Waals surface area contributed by atoms with Crippen LogP contribution < -0.4 is 5.32 Å². The van der Waals surface area contributed by atoms with Crippen LogP contribution in [0.1, 0.15) is 26.2 Å². The van der Waals surface area contributed by atoms with Gasteiger partial charge in [0.1, 0.15) is 0 Å². The molecule has 0 saturated carbocycles. The summed E-state index contributed by atoms with van der Waals surface area (Å²) in [6.45, 7) is 5.38. The first-order chi connectivity index (χ1) is 6.68. The minimum Gasteiger partial charge on any atom is -0.377 e. The predicted molar refractivity (Wildman–Crippen MR) is 59.6 cm³/mol. The molecule has 1 N–H and O–H groups in total. The average molecular weight is 200 g/mol. The maximum atomic E-state index is 5.56. The topological polar surface area (TPSA) is 24.5 Å². The lowest BCUT2D eigenvalue weighted by molar-refractivity contribution is 0.107. The van der Waals surface area contributed by atoms with E-state index in [1.54, 1.807) is 0 Å². The van der Waals surface area contributed by atoms with Gasteiger partial charge in [-0.25, -0.2) is 0 Å². The standard InChI is InChI=1S/C11H24N2O/c1-10(6-7-13(2)3)12-9-11-5-4-8-14-11/h10-12H,4-9H2,1-3H3. The van der Waals surface area contributed by atoms with Gasteiger partial charge in [0.25, 0.3) is 0 Å². The molecule has 0 amide bonds. The molecule has 3 heteroatoms. The van der Waals surface area contributed by atoms with E-state index >= 15 is 0 Å². The molecule has 1 saturated heterocycles. The Labute approximate surface area is 87.8 Å². The lowest BCUT2D eigenvalue weighted by Crippen LogP contribution is -2.35. The summed E-state index contributed by atoms with van der Waals surface area (Å²) in [7, 11) is 4.24. The number of nitrogens with zero attached hydrogens (tertiary/aromatic N) is 1. The molecule has 84 valence electrons. The zero-order valence-electron chi connectivity index (χ0n) is 9.75. The highest BCUT2D eigenvalue weighted by Gasteiger charge is 2.15. The van der Waals surface area contributed by atoms with Crippen LogP contribution in [0.3, 0.4) is 0 Å². The first-order valence-corrected chi connectivity index (χ1v) is 5.68. The molecule has 1 heterocycles. The van der Waals surface area contributed by atoms with Crippen molar-refractivity contribution in [3.63, 3.8) is 0 Å². The Morgan fingerprint density at radius 3 is 2.86 bits per heavy atom. The van der Waals surface area contributed by atoms with Crippen LogP contribution in [0.15, 0.2) is 0 Å². The van der Waals surface area contributed by atoms with E-state index in [0.29, 0.717) is 12.1 Å². The van der Waals surface area contributed by atoms with E-state index in [-0.39, 0.29) is 0 Å². The van der Waals surface area contributed by atoms with E-state index in [2.05, 4.69) is 31.2 Å². The Kier molecular flexibility index (Phi) is 5.45. The second-order valence-corrected chi connectivity index (χ2v) is 4.54. The third-order valence-corrected chi connectivity index (χ3v) is 2.73. The van der Waals surface area contributed by atoms with Gasteiger partial charge < -0.3 is 15.0 Å². The summed E-state index contributed by atoms with van der Waals surface area (Å²) in [6, 6.07) is 0.599. The fraction of sp³-hybridized carbons (Fsp3) is 1.00. The number of nitrogens with one attached hydrogen (secondary N) is 1. The number of hydrogen-bond acceptors (Lipinski definition) is 3. The van der Waals surface area contributed by atoms with Crippen molar-refractivity contribution < 1.29 is 4.74 Å². The maximum Gasteiger partial charge on any atom is 0.0700 e. The molecule has 1 aliphatic rings. The maximum absolute atomic E-state index is 5.56. The van der Waals surface area contributed by atoms with Crippen molar-refractivity contribution in [2.45, 2.75) is 38.3 Å². The highest BCUT2D eigenvalue weighted by Crippen LogP contribution is 2.10. The SMILES string of the molecule is CC(CCN(C)C)NCC1CCCO1. The van der Waals surface area contributed by atoms with E-state index in [1.165, 1.54) is 19.3 Å². The quantitative estimate of drug-likeness (QED) is 0.695. The Bertz CT molecular complexity index is 144. The van der Waals surface area contributed by atoms with Crippen molar-refractivity contribution in [1.82, 2.24) is 10.2 Å². The normalized spacial score (nSPS) is 24.4. The molecule has 3 nitrogen and oxygen atoms in total. The summed E-state index contributed by atoms with van der Waals surface area (Å²) >= 11 is 0. The fourth-order valence-electron chi connectivity index (χ4n) is 1.69. The first-order valence-electron chi connectivity index (χ1n) is 5.68. The van der Waals surface area contributed by atoms with Crippen molar-refractivity contribution in [3.05, 3.63) is 0 Å². The first kappa shape index (κ1) is 12.0. The average Bonchev–Trinajstić information content (AvgIpc) is 2.63. The van der Waals surface area contributed by atoms with Gasteiger partial charge in [-0.05, 0) is 46.8 Å². The lowest BCUT2D eigenvalue weighted by Gasteiger charge is -2.18. The van der Waals surface area contributed by atoms with Gasteiger partial charge in [-0.1, -0.05) is 0 Å². The Hall–Kier alpha value is -0.120. The summed E-state index contributed by atoms with van der Waals surface area (Å²) in [6.07, 6.45) is 4.14. The minimum absolute atomic E-state index is 0.469. The Morgan fingerprint density at radius 2 is 2.29 bits per heavy atom. The third-order valence-electron chi connectivity index (χ3n) is 2.73. The number of rotatable bonds is 6. The molecule has 1 aliphatic heterocycles. The van der Waals surface area contributed by atoms with E-state index in [1.807, 2.05) is 0 Å². The third kappa shape index (κ3) is 4.94. The van der Waals surface area contributed by atoms with Crippen LogP contribution in [-0.2, 0) is 4.74 Å². The predicted octanol–water partition coefficient (Wildman–Crippen LogP) is 1.10. The van der Waals surface area contributed by atoms with Crippen LogP contribution in [0.5, 0.6) is 0 Å². The van der Waals surface area contributed by atoms with Crippen molar-refractivity contribution >= 4 is 0 Å². The molecule has 2 unspecified atom stereocenters. The summed E-state index contributed by atoms with van der Waals surface area (Å²) in [5.41, 5.74) is 0. The molecule has 0 radical (unpaired) electrons. The van der Waals surface area contributed by atoms with Gasteiger partial charge in [-0.2, -0.15) is 0 Å². The largest absolute Gasteiger partial charge is 0.377 e. The van der Waals surface area contributed by atoms with Gasteiger partial charge in [0, 0.05) is 19.2 Å². The van der Waals surface area contributed by atoms with Crippen LogP contribution >= 0.6 is 0 Å². The zero-order chi connectivity index (χ0) is 10.4. The second-order valence-electron chi connectivity index (χ2n) is 4.54. The number of ether oxygens (including phenoxy) is 1. The highest BCUT2D eigenvalue weighted by atomic mass is 16.5.